The van der Waals surface area contributed by atoms with Crippen molar-refractivity contribution in [3.8, 4) is 11.3 Å². The average Bonchev–Trinajstić information content (AvgIpc) is 3.11. The number of amides is 1. The van der Waals surface area contributed by atoms with Gasteiger partial charge >= 0.3 is 0 Å². The minimum absolute atomic E-state index is 0.0514. The molecule has 0 saturated heterocycles. The fourth-order valence-electron chi connectivity index (χ4n) is 2.50. The number of benzene rings is 2. The minimum atomic E-state index is -0.491. The van der Waals surface area contributed by atoms with E-state index in [4.69, 9.17) is 4.42 Å². The average molecular weight is 369 g/mol. The van der Waals surface area contributed by atoms with Gasteiger partial charge in [0.15, 0.2) is 11.7 Å². The Balaban J connectivity index is 1.59. The van der Waals surface area contributed by atoms with Crippen LogP contribution in [-0.4, -0.2) is 15.8 Å². The molecule has 0 atom stereocenters. The van der Waals surface area contributed by atoms with Gasteiger partial charge in [-0.05, 0) is 37.3 Å². The highest BCUT2D eigenvalue weighted by Crippen LogP contribution is 2.23. The van der Waals surface area contributed by atoms with Crippen molar-refractivity contribution in [2.45, 2.75) is 19.8 Å². The molecule has 0 aliphatic rings. The van der Waals surface area contributed by atoms with E-state index in [1.807, 2.05) is 0 Å². The molecule has 0 radical (unpaired) electrons. The zero-order valence-corrected chi connectivity index (χ0v) is 14.4. The molecule has 27 heavy (non-hydrogen) atoms. The third-order valence-corrected chi connectivity index (χ3v) is 3.94. The second-order valence-electron chi connectivity index (χ2n) is 5.93. The van der Waals surface area contributed by atoms with Gasteiger partial charge in [-0.1, -0.05) is 6.07 Å². The molecule has 0 spiro atoms. The fraction of sp³-hybridized carbons (Fsp3) is 0.158. The lowest BCUT2D eigenvalue weighted by molar-refractivity contribution is -0.385. The molecular formula is C19H16FN3O4. The highest BCUT2D eigenvalue weighted by molar-refractivity contribution is 5.91. The molecule has 7 nitrogen and oxygen atoms in total. The molecule has 1 aromatic heterocycles. The van der Waals surface area contributed by atoms with Crippen LogP contribution in [-0.2, 0) is 11.2 Å². The Morgan fingerprint density at radius 2 is 2.00 bits per heavy atom. The van der Waals surface area contributed by atoms with Gasteiger partial charge in [-0.3, -0.25) is 14.9 Å². The summed E-state index contributed by atoms with van der Waals surface area (Å²) >= 11 is 0. The Labute approximate surface area is 154 Å². The third-order valence-electron chi connectivity index (χ3n) is 3.94. The first-order valence-corrected chi connectivity index (χ1v) is 8.18. The van der Waals surface area contributed by atoms with Gasteiger partial charge in [-0.2, -0.15) is 0 Å². The number of aromatic nitrogens is 1. The smallest absolute Gasteiger partial charge is 0.274 e. The maximum atomic E-state index is 13.0. The van der Waals surface area contributed by atoms with Gasteiger partial charge < -0.3 is 9.73 Å². The molecule has 3 aromatic rings. The van der Waals surface area contributed by atoms with Crippen molar-refractivity contribution in [3.63, 3.8) is 0 Å². The van der Waals surface area contributed by atoms with Crippen LogP contribution in [0.25, 0.3) is 11.3 Å². The summed E-state index contributed by atoms with van der Waals surface area (Å²) in [6, 6.07) is 10.3. The largest absolute Gasteiger partial charge is 0.441 e. The van der Waals surface area contributed by atoms with Crippen molar-refractivity contribution >= 4 is 17.3 Å². The molecule has 1 amide bonds. The zero-order chi connectivity index (χ0) is 19.4. The second-order valence-corrected chi connectivity index (χ2v) is 5.93. The van der Waals surface area contributed by atoms with E-state index in [2.05, 4.69) is 10.3 Å². The standard InChI is InChI=1S/C19H16FN3O4/c1-12-2-7-15(10-16(12)23(25)26)22-18(24)8-9-19-21-11-17(27-19)13-3-5-14(20)6-4-13/h2-7,10-11H,8-9H2,1H3,(H,22,24). The molecule has 0 unspecified atom stereocenters. The number of carbonyl (C=O) groups excluding carboxylic acids is 1. The molecule has 1 N–H and O–H groups in total. The predicted molar refractivity (Wildman–Crippen MR) is 96.7 cm³/mol. The molecular weight excluding hydrogens is 353 g/mol. The van der Waals surface area contributed by atoms with Crippen LogP contribution in [0.4, 0.5) is 15.8 Å². The number of carbonyl (C=O) groups is 1. The number of hydrogen-bond donors (Lipinski definition) is 1. The lowest BCUT2D eigenvalue weighted by atomic mass is 10.2. The third kappa shape index (κ3) is 4.55. The number of hydrogen-bond acceptors (Lipinski definition) is 5. The van der Waals surface area contributed by atoms with Crippen LogP contribution in [0.5, 0.6) is 0 Å². The Morgan fingerprint density at radius 3 is 2.70 bits per heavy atom. The molecule has 0 aliphatic heterocycles. The molecule has 3 rings (SSSR count). The number of aryl methyl sites for hydroxylation is 2. The molecule has 138 valence electrons. The Morgan fingerprint density at radius 1 is 1.26 bits per heavy atom. The van der Waals surface area contributed by atoms with Crippen molar-refractivity contribution in [1.29, 1.82) is 0 Å². The number of nitrogens with zero attached hydrogens (tertiary/aromatic N) is 2. The van der Waals surface area contributed by atoms with E-state index in [9.17, 15) is 19.3 Å². The number of rotatable bonds is 6. The Hall–Kier alpha value is -3.55. The molecule has 8 heteroatoms. The van der Waals surface area contributed by atoms with Crippen LogP contribution in [0.2, 0.25) is 0 Å². The Kier molecular flexibility index (Phi) is 5.25. The zero-order valence-electron chi connectivity index (χ0n) is 14.4. The lowest BCUT2D eigenvalue weighted by Crippen LogP contribution is -2.12. The number of halogens is 1. The summed E-state index contributed by atoms with van der Waals surface area (Å²) in [6.07, 6.45) is 1.88. The first kappa shape index (κ1) is 18.2. The van der Waals surface area contributed by atoms with Crippen molar-refractivity contribution in [2.75, 3.05) is 5.32 Å². The predicted octanol–water partition coefficient (Wildman–Crippen LogP) is 4.27. The summed E-state index contributed by atoms with van der Waals surface area (Å²) in [6.45, 7) is 1.63. The second kappa shape index (κ2) is 7.77. The fourth-order valence-corrected chi connectivity index (χ4v) is 2.50. The van der Waals surface area contributed by atoms with Crippen LogP contribution in [0.3, 0.4) is 0 Å². The molecule has 0 saturated carbocycles. The summed E-state index contributed by atoms with van der Waals surface area (Å²) < 4.78 is 18.5. The van der Waals surface area contributed by atoms with E-state index in [-0.39, 0.29) is 30.3 Å². The number of oxazole rings is 1. The van der Waals surface area contributed by atoms with E-state index in [0.717, 1.165) is 0 Å². The van der Waals surface area contributed by atoms with E-state index in [1.165, 1.54) is 24.4 Å². The molecule has 0 bridgehead atoms. The quantitative estimate of drug-likeness (QED) is 0.517. The lowest BCUT2D eigenvalue weighted by Gasteiger charge is -2.05. The van der Waals surface area contributed by atoms with Crippen LogP contribution in [0, 0.1) is 22.9 Å². The number of nitrogens with one attached hydrogen (secondary N) is 1. The molecule has 0 aliphatic carbocycles. The van der Waals surface area contributed by atoms with Gasteiger partial charge in [0.2, 0.25) is 5.91 Å². The van der Waals surface area contributed by atoms with Crippen LogP contribution in [0.1, 0.15) is 17.9 Å². The summed E-state index contributed by atoms with van der Waals surface area (Å²) in [5.41, 5.74) is 1.51. The van der Waals surface area contributed by atoms with Gasteiger partial charge in [-0.15, -0.1) is 0 Å². The van der Waals surface area contributed by atoms with Crippen molar-refractivity contribution < 1.29 is 18.5 Å². The van der Waals surface area contributed by atoms with Crippen molar-refractivity contribution in [3.05, 3.63) is 76.0 Å². The molecule has 1 heterocycles. The van der Waals surface area contributed by atoms with Gasteiger partial charge in [-0.25, -0.2) is 9.37 Å². The maximum absolute atomic E-state index is 13.0. The first-order valence-electron chi connectivity index (χ1n) is 8.18. The number of nitro groups is 1. The monoisotopic (exact) mass is 369 g/mol. The SMILES string of the molecule is Cc1ccc(NC(=O)CCc2ncc(-c3ccc(F)cc3)o2)cc1[N+](=O)[O-]. The van der Waals surface area contributed by atoms with Crippen LogP contribution in [0.15, 0.2) is 53.1 Å². The number of anilines is 1. The van der Waals surface area contributed by atoms with Crippen LogP contribution >= 0.6 is 0 Å². The van der Waals surface area contributed by atoms with E-state index < -0.39 is 4.92 Å². The van der Waals surface area contributed by atoms with Gasteiger partial charge in [0.25, 0.3) is 5.69 Å². The number of nitro benzene ring substituents is 1. The maximum Gasteiger partial charge on any atom is 0.274 e. The minimum Gasteiger partial charge on any atom is -0.441 e. The van der Waals surface area contributed by atoms with Crippen LogP contribution < -0.4 is 5.32 Å². The molecule has 0 fully saturated rings. The van der Waals surface area contributed by atoms with E-state index in [1.54, 1.807) is 31.2 Å². The summed E-state index contributed by atoms with van der Waals surface area (Å²) in [5, 5.41) is 13.6. The van der Waals surface area contributed by atoms with Crippen molar-refractivity contribution in [2.24, 2.45) is 0 Å². The van der Waals surface area contributed by atoms with Crippen molar-refractivity contribution in [1.82, 2.24) is 4.98 Å². The van der Waals surface area contributed by atoms with E-state index in [0.29, 0.717) is 28.5 Å². The summed E-state index contributed by atoms with van der Waals surface area (Å²) in [5.74, 6) is 0.208. The topological polar surface area (TPSA) is 98.3 Å². The van der Waals surface area contributed by atoms with Gasteiger partial charge in [0.05, 0.1) is 11.1 Å². The highest BCUT2D eigenvalue weighted by Gasteiger charge is 2.13. The summed E-state index contributed by atoms with van der Waals surface area (Å²) in [4.78, 5) is 26.7. The normalized spacial score (nSPS) is 10.6. The Bertz CT molecular complexity index is 983. The first-order chi connectivity index (χ1) is 12.9. The molecule has 2 aromatic carbocycles. The highest BCUT2D eigenvalue weighted by atomic mass is 19.1. The summed E-state index contributed by atoms with van der Waals surface area (Å²) in [7, 11) is 0. The van der Waals surface area contributed by atoms with Gasteiger partial charge in [0, 0.05) is 35.7 Å². The van der Waals surface area contributed by atoms with Gasteiger partial charge in [0.1, 0.15) is 5.82 Å². The van der Waals surface area contributed by atoms with E-state index >= 15 is 0 Å².